The monoisotopic (exact) mass is 433 g/mol. The van der Waals surface area contributed by atoms with Gasteiger partial charge in [0.15, 0.2) is 5.82 Å². The van der Waals surface area contributed by atoms with E-state index < -0.39 is 10.0 Å². The third-order valence-electron chi connectivity index (χ3n) is 5.67. The fraction of sp³-hybridized carbons (Fsp3) is 0.261. The lowest BCUT2D eigenvalue weighted by atomic mass is 9.96. The average molecular weight is 434 g/mol. The van der Waals surface area contributed by atoms with Gasteiger partial charge in [0.1, 0.15) is 10.7 Å². The smallest absolute Gasteiger partial charge is 0.286 e. The number of anilines is 1. The molecule has 5 rings (SSSR count). The highest BCUT2D eigenvalue weighted by atomic mass is 32.2. The van der Waals surface area contributed by atoms with Crippen LogP contribution in [0.4, 0.5) is 5.69 Å². The molecule has 2 aliphatic rings. The Morgan fingerprint density at radius 3 is 2.71 bits per heavy atom. The van der Waals surface area contributed by atoms with Crippen LogP contribution in [-0.2, 0) is 16.6 Å². The van der Waals surface area contributed by atoms with Crippen LogP contribution in [-0.4, -0.2) is 42.2 Å². The van der Waals surface area contributed by atoms with Crippen molar-refractivity contribution in [3.63, 3.8) is 0 Å². The highest BCUT2D eigenvalue weighted by Crippen LogP contribution is 2.30. The number of benzene rings is 2. The number of hydrogen-bond acceptors (Lipinski definition) is 6. The van der Waals surface area contributed by atoms with Crippen LogP contribution in [0.15, 0.2) is 76.2 Å². The number of amidine groups is 1. The van der Waals surface area contributed by atoms with Gasteiger partial charge in [-0.1, -0.05) is 42.5 Å². The Balaban J connectivity index is 1.32. The zero-order valence-corrected chi connectivity index (χ0v) is 17.8. The van der Waals surface area contributed by atoms with E-state index in [0.717, 1.165) is 37.2 Å². The minimum atomic E-state index is -3.67. The van der Waals surface area contributed by atoms with Crippen molar-refractivity contribution >= 4 is 21.5 Å². The molecular weight excluding hydrogens is 410 g/mol. The van der Waals surface area contributed by atoms with Gasteiger partial charge < -0.3 is 5.32 Å². The van der Waals surface area contributed by atoms with Crippen molar-refractivity contribution in [2.45, 2.75) is 24.3 Å². The van der Waals surface area contributed by atoms with Crippen LogP contribution in [0.25, 0.3) is 11.4 Å². The second-order valence-electron chi connectivity index (χ2n) is 7.88. The number of nitrogens with one attached hydrogen (secondary N) is 1. The summed E-state index contributed by atoms with van der Waals surface area (Å²) in [6.07, 6.45) is 3.67. The van der Waals surface area contributed by atoms with E-state index >= 15 is 0 Å². The molecule has 0 unspecified atom stereocenters. The molecule has 0 aliphatic carbocycles. The topological polar surface area (TPSA) is 87.6 Å². The lowest BCUT2D eigenvalue weighted by Crippen LogP contribution is -2.41. The van der Waals surface area contributed by atoms with Crippen LogP contribution in [0.5, 0.6) is 0 Å². The molecule has 158 valence electrons. The van der Waals surface area contributed by atoms with E-state index in [4.69, 9.17) is 4.98 Å². The summed E-state index contributed by atoms with van der Waals surface area (Å²) in [4.78, 5) is 11.7. The van der Waals surface area contributed by atoms with Crippen molar-refractivity contribution in [3.05, 3.63) is 72.6 Å². The summed E-state index contributed by atoms with van der Waals surface area (Å²) in [6.45, 7) is 2.36. The van der Waals surface area contributed by atoms with Crippen LogP contribution in [0.3, 0.4) is 0 Å². The number of fused-ring (bicyclic) bond motifs is 1. The molecule has 0 bridgehead atoms. The number of aromatic nitrogens is 2. The number of hydrogen-bond donors (Lipinski definition) is 1. The number of nitrogens with zero attached hydrogens (tertiary/aromatic N) is 4. The van der Waals surface area contributed by atoms with Gasteiger partial charge in [-0.05, 0) is 37.6 Å². The molecule has 0 spiro atoms. The van der Waals surface area contributed by atoms with Crippen molar-refractivity contribution in [2.24, 2.45) is 10.3 Å². The molecule has 0 amide bonds. The maximum atomic E-state index is 12.6. The molecule has 3 heterocycles. The second kappa shape index (κ2) is 8.20. The van der Waals surface area contributed by atoms with E-state index in [1.54, 1.807) is 24.4 Å². The highest BCUT2D eigenvalue weighted by Gasteiger charge is 2.31. The van der Waals surface area contributed by atoms with E-state index in [0.29, 0.717) is 23.9 Å². The number of rotatable bonds is 4. The minimum absolute atomic E-state index is 0.0345. The van der Waals surface area contributed by atoms with Crippen LogP contribution in [0.2, 0.25) is 0 Å². The first-order valence-electron chi connectivity index (χ1n) is 10.4. The lowest BCUT2D eigenvalue weighted by molar-refractivity contribution is 0.194. The van der Waals surface area contributed by atoms with E-state index in [1.165, 1.54) is 0 Å². The summed E-state index contributed by atoms with van der Waals surface area (Å²) < 4.78 is 29.3. The first kappa shape index (κ1) is 19.8. The van der Waals surface area contributed by atoms with Gasteiger partial charge in [0, 0.05) is 30.8 Å². The summed E-state index contributed by atoms with van der Waals surface area (Å²) in [6, 6.07) is 18.8. The summed E-state index contributed by atoms with van der Waals surface area (Å²) >= 11 is 0. The van der Waals surface area contributed by atoms with Crippen molar-refractivity contribution in [1.82, 2.24) is 14.9 Å². The Hall–Kier alpha value is -3.10. The molecule has 2 aromatic carbocycles. The van der Waals surface area contributed by atoms with E-state index in [2.05, 4.69) is 19.6 Å². The maximum Gasteiger partial charge on any atom is 0.286 e. The Labute approximate surface area is 181 Å². The normalized spacial score (nSPS) is 20.4. The van der Waals surface area contributed by atoms with Crippen molar-refractivity contribution in [1.29, 1.82) is 0 Å². The van der Waals surface area contributed by atoms with Crippen LogP contribution in [0.1, 0.15) is 18.5 Å². The quantitative estimate of drug-likeness (QED) is 0.677. The first-order chi connectivity index (χ1) is 15.1. The van der Waals surface area contributed by atoms with Gasteiger partial charge in [0.2, 0.25) is 0 Å². The Kier molecular flexibility index (Phi) is 5.25. The van der Waals surface area contributed by atoms with Gasteiger partial charge in [-0.25, -0.2) is 9.97 Å². The molecule has 1 aromatic heterocycles. The maximum absolute atomic E-state index is 12.6. The van der Waals surface area contributed by atoms with E-state index in [9.17, 15) is 8.42 Å². The Bertz CT molecular complexity index is 1230. The minimum Gasteiger partial charge on any atom is -0.342 e. The van der Waals surface area contributed by atoms with Gasteiger partial charge in [0.25, 0.3) is 10.0 Å². The Morgan fingerprint density at radius 1 is 1.03 bits per heavy atom. The average Bonchev–Trinajstić information content (AvgIpc) is 2.80. The molecule has 8 heteroatoms. The fourth-order valence-electron chi connectivity index (χ4n) is 4.17. The first-order valence-corrected chi connectivity index (χ1v) is 11.8. The molecule has 7 nitrogen and oxygen atoms in total. The van der Waals surface area contributed by atoms with Crippen LogP contribution < -0.4 is 5.32 Å². The van der Waals surface area contributed by atoms with Crippen LogP contribution >= 0.6 is 0 Å². The molecule has 1 N–H and O–H groups in total. The number of sulfonamides is 1. The molecule has 2 aliphatic heterocycles. The zero-order valence-electron chi connectivity index (χ0n) is 17.0. The van der Waals surface area contributed by atoms with Crippen molar-refractivity contribution < 1.29 is 8.42 Å². The molecule has 0 radical (unpaired) electrons. The largest absolute Gasteiger partial charge is 0.342 e. The van der Waals surface area contributed by atoms with E-state index in [-0.39, 0.29) is 10.8 Å². The predicted molar refractivity (Wildman–Crippen MR) is 120 cm³/mol. The second-order valence-corrected chi connectivity index (χ2v) is 9.46. The predicted octanol–water partition coefficient (Wildman–Crippen LogP) is 3.57. The summed E-state index contributed by atoms with van der Waals surface area (Å²) in [5, 5.41) is 3.26. The lowest BCUT2D eigenvalue weighted by Gasteiger charge is -2.34. The number of piperidine rings is 1. The standard InChI is InChI=1S/C23H23N5O2S/c29-31(30)21-11-5-4-10-20(21)26-23(27-31)18-9-6-14-28(15-18)16-19-12-13-24-22(25-19)17-7-2-1-3-8-17/h1-5,7-8,10-13,18H,6,9,14-16H2,(H,26,27)/t18-/m0/s1. The van der Waals surface area contributed by atoms with Crippen LogP contribution in [0, 0.1) is 5.92 Å². The summed E-state index contributed by atoms with van der Waals surface area (Å²) in [7, 11) is -3.67. The SMILES string of the molecule is O=S1(=O)N=C([C@H]2CCCN(Cc3ccnc(-c4ccccc4)n3)C2)Nc2ccccc21. The molecule has 3 aromatic rings. The highest BCUT2D eigenvalue weighted by molar-refractivity contribution is 7.90. The van der Waals surface area contributed by atoms with E-state index in [1.807, 2.05) is 42.5 Å². The fourth-order valence-corrected chi connectivity index (χ4v) is 5.37. The summed E-state index contributed by atoms with van der Waals surface area (Å²) in [5.41, 5.74) is 2.55. The molecule has 1 fully saturated rings. The van der Waals surface area contributed by atoms with Gasteiger partial charge in [0.05, 0.1) is 11.4 Å². The van der Waals surface area contributed by atoms with Gasteiger partial charge in [-0.2, -0.15) is 8.42 Å². The Morgan fingerprint density at radius 2 is 1.84 bits per heavy atom. The van der Waals surface area contributed by atoms with Gasteiger partial charge in [-0.15, -0.1) is 4.40 Å². The number of likely N-dealkylation sites (tertiary alicyclic amines) is 1. The molecule has 0 saturated carbocycles. The van der Waals surface area contributed by atoms with Crippen molar-refractivity contribution in [3.8, 4) is 11.4 Å². The van der Waals surface area contributed by atoms with Gasteiger partial charge in [-0.3, -0.25) is 4.90 Å². The zero-order chi connectivity index (χ0) is 21.3. The summed E-state index contributed by atoms with van der Waals surface area (Å²) in [5.74, 6) is 1.29. The third kappa shape index (κ3) is 4.22. The van der Waals surface area contributed by atoms with Gasteiger partial charge >= 0.3 is 0 Å². The number of para-hydroxylation sites is 1. The van der Waals surface area contributed by atoms with Crippen molar-refractivity contribution in [2.75, 3.05) is 18.4 Å². The molecule has 1 atom stereocenters. The molecular formula is C23H23N5O2S. The third-order valence-corrected chi connectivity index (χ3v) is 7.02. The molecule has 1 saturated heterocycles. The molecule has 31 heavy (non-hydrogen) atoms.